The van der Waals surface area contributed by atoms with E-state index in [1.807, 2.05) is 0 Å². The largest absolute Gasteiger partial charge is 0.310 e. The Hall–Kier alpha value is -7.74. The Morgan fingerprint density at radius 1 is 0.339 bits per heavy atom. The summed E-state index contributed by atoms with van der Waals surface area (Å²) >= 11 is 0. The van der Waals surface area contributed by atoms with Gasteiger partial charge in [0.15, 0.2) is 0 Å². The van der Waals surface area contributed by atoms with Crippen molar-refractivity contribution in [3.63, 3.8) is 0 Å². The molecule has 12 rings (SSSR count). The SMILES string of the molecule is CC1(c2ccccc2)c2cc(N(c3ccc4c(c3)C(c3ccccc3)(c3ccccc3)c3ccccc3-4)c3cccc4ccccc34)ccc2-c2c(-c3ccccc3)cccc21. The minimum Gasteiger partial charge on any atom is -0.310 e. The quantitative estimate of drug-likeness (QED) is 0.155. The van der Waals surface area contributed by atoms with Crippen molar-refractivity contribution >= 4 is 27.8 Å². The number of anilines is 3. The Bertz CT molecular complexity index is 3250. The summed E-state index contributed by atoms with van der Waals surface area (Å²) in [7, 11) is 0. The first-order valence-electron chi connectivity index (χ1n) is 21.7. The Balaban J connectivity index is 1.14. The maximum atomic E-state index is 2.51. The zero-order valence-corrected chi connectivity index (χ0v) is 34.5. The van der Waals surface area contributed by atoms with Gasteiger partial charge in [0.05, 0.1) is 11.1 Å². The van der Waals surface area contributed by atoms with E-state index >= 15 is 0 Å². The van der Waals surface area contributed by atoms with Gasteiger partial charge in [0.2, 0.25) is 0 Å². The minimum atomic E-state index is -0.520. The first-order valence-corrected chi connectivity index (χ1v) is 21.7. The second-order valence-electron chi connectivity index (χ2n) is 16.9. The molecular formula is C61H43N. The summed E-state index contributed by atoms with van der Waals surface area (Å²) in [5, 5.41) is 2.42. The highest BCUT2D eigenvalue weighted by molar-refractivity contribution is 6.01. The van der Waals surface area contributed by atoms with Crippen LogP contribution in [0.5, 0.6) is 0 Å². The molecule has 0 spiro atoms. The Morgan fingerprint density at radius 2 is 0.839 bits per heavy atom. The molecule has 1 heteroatoms. The fourth-order valence-corrected chi connectivity index (χ4v) is 11.1. The minimum absolute atomic E-state index is 0.396. The molecule has 1 nitrogen and oxygen atoms in total. The lowest BCUT2D eigenvalue weighted by molar-refractivity contribution is 0.714. The topological polar surface area (TPSA) is 3.24 Å². The van der Waals surface area contributed by atoms with Crippen LogP contribution >= 0.6 is 0 Å². The third-order valence-electron chi connectivity index (χ3n) is 13.8. The van der Waals surface area contributed by atoms with Crippen LogP contribution in [0.3, 0.4) is 0 Å². The second kappa shape index (κ2) is 14.2. The third kappa shape index (κ3) is 5.22. The molecule has 62 heavy (non-hydrogen) atoms. The van der Waals surface area contributed by atoms with E-state index in [-0.39, 0.29) is 0 Å². The predicted octanol–water partition coefficient (Wildman–Crippen LogP) is 15.7. The fourth-order valence-electron chi connectivity index (χ4n) is 11.1. The van der Waals surface area contributed by atoms with E-state index < -0.39 is 10.8 Å². The van der Waals surface area contributed by atoms with Gasteiger partial charge in [-0.2, -0.15) is 0 Å². The van der Waals surface area contributed by atoms with Gasteiger partial charge < -0.3 is 4.90 Å². The molecule has 10 aromatic carbocycles. The van der Waals surface area contributed by atoms with Crippen LogP contribution in [0.15, 0.2) is 243 Å². The highest BCUT2D eigenvalue weighted by atomic mass is 15.1. The van der Waals surface area contributed by atoms with Crippen LogP contribution in [0.2, 0.25) is 0 Å². The van der Waals surface area contributed by atoms with Crippen molar-refractivity contribution in [2.75, 3.05) is 4.90 Å². The van der Waals surface area contributed by atoms with Crippen molar-refractivity contribution in [1.82, 2.24) is 0 Å². The van der Waals surface area contributed by atoms with Crippen molar-refractivity contribution in [3.8, 4) is 33.4 Å². The molecule has 1 atom stereocenters. The summed E-state index contributed by atoms with van der Waals surface area (Å²) in [6.07, 6.45) is 0. The fraction of sp³-hybridized carbons (Fsp3) is 0.0492. The van der Waals surface area contributed by atoms with Gasteiger partial charge in [-0.15, -0.1) is 0 Å². The lowest BCUT2D eigenvalue weighted by Gasteiger charge is -2.35. The van der Waals surface area contributed by atoms with E-state index in [2.05, 4.69) is 254 Å². The summed E-state index contributed by atoms with van der Waals surface area (Å²) in [6.45, 7) is 2.43. The molecule has 1 unspecified atom stereocenters. The average Bonchev–Trinajstić information content (AvgIpc) is 3.79. The van der Waals surface area contributed by atoms with Crippen LogP contribution in [0.1, 0.15) is 45.9 Å². The van der Waals surface area contributed by atoms with Gasteiger partial charge in [0.25, 0.3) is 0 Å². The van der Waals surface area contributed by atoms with E-state index in [4.69, 9.17) is 0 Å². The molecule has 0 heterocycles. The van der Waals surface area contributed by atoms with Crippen LogP contribution in [0.4, 0.5) is 17.1 Å². The lowest BCUT2D eigenvalue weighted by atomic mass is 9.67. The monoisotopic (exact) mass is 789 g/mol. The van der Waals surface area contributed by atoms with Crippen LogP contribution in [-0.2, 0) is 10.8 Å². The maximum Gasteiger partial charge on any atom is 0.0714 e. The van der Waals surface area contributed by atoms with Gasteiger partial charge in [-0.25, -0.2) is 0 Å². The summed E-state index contributed by atoms with van der Waals surface area (Å²) in [5.41, 5.74) is 19.1. The van der Waals surface area contributed by atoms with Gasteiger partial charge in [-0.3, -0.25) is 0 Å². The van der Waals surface area contributed by atoms with E-state index in [1.54, 1.807) is 0 Å². The standard InChI is InChI=1S/C61H43N/c1-60(44-24-8-3-9-25-44)55-34-19-32-50(43-20-6-2-7-21-43)59(55)53-39-37-47(40-56(53)60)62(58-35-18-23-42-22-14-15-30-49(42)58)48-36-38-52-51-31-16-17-33-54(51)61(57(52)41-48,45-26-10-4-11-27-45)46-28-12-5-13-29-46/h2-41H,1H3. The number of hydrogen-bond acceptors (Lipinski definition) is 1. The highest BCUT2D eigenvalue weighted by Gasteiger charge is 2.47. The zero-order valence-electron chi connectivity index (χ0n) is 34.5. The molecule has 0 saturated carbocycles. The number of rotatable bonds is 7. The van der Waals surface area contributed by atoms with Crippen molar-refractivity contribution in [3.05, 3.63) is 282 Å². The summed E-state index contributed by atoms with van der Waals surface area (Å²) in [5.74, 6) is 0. The zero-order chi connectivity index (χ0) is 41.3. The molecule has 0 amide bonds. The smallest absolute Gasteiger partial charge is 0.0714 e. The molecule has 292 valence electrons. The molecule has 0 bridgehead atoms. The molecule has 0 fully saturated rings. The maximum absolute atomic E-state index is 2.51. The number of benzene rings is 10. The van der Waals surface area contributed by atoms with Gasteiger partial charge in [0.1, 0.15) is 0 Å². The Morgan fingerprint density at radius 3 is 1.55 bits per heavy atom. The Labute approximate surface area is 363 Å². The van der Waals surface area contributed by atoms with Crippen molar-refractivity contribution in [1.29, 1.82) is 0 Å². The summed E-state index contributed by atoms with van der Waals surface area (Å²) in [6, 6.07) is 90.0. The third-order valence-corrected chi connectivity index (χ3v) is 13.8. The van der Waals surface area contributed by atoms with E-state index in [0.29, 0.717) is 0 Å². The van der Waals surface area contributed by atoms with Gasteiger partial charge in [0, 0.05) is 22.2 Å². The lowest BCUT2D eigenvalue weighted by Crippen LogP contribution is -2.28. The number of nitrogens with zero attached hydrogens (tertiary/aromatic N) is 1. The molecule has 2 aliphatic carbocycles. The molecular weight excluding hydrogens is 747 g/mol. The van der Waals surface area contributed by atoms with Crippen LogP contribution in [0, 0.1) is 0 Å². The van der Waals surface area contributed by atoms with E-state index in [0.717, 1.165) is 17.1 Å². The van der Waals surface area contributed by atoms with Crippen LogP contribution in [0.25, 0.3) is 44.2 Å². The molecule has 0 aliphatic heterocycles. The number of hydrogen-bond donors (Lipinski definition) is 0. The van der Waals surface area contributed by atoms with E-state index in [1.165, 1.54) is 83.1 Å². The molecule has 0 saturated heterocycles. The Kier molecular flexibility index (Phi) is 8.27. The van der Waals surface area contributed by atoms with Gasteiger partial charge in [-0.05, 0) is 115 Å². The van der Waals surface area contributed by atoms with Crippen molar-refractivity contribution in [2.24, 2.45) is 0 Å². The highest BCUT2D eigenvalue weighted by Crippen LogP contribution is 2.59. The van der Waals surface area contributed by atoms with Crippen LogP contribution in [-0.4, -0.2) is 0 Å². The first-order chi connectivity index (χ1) is 30.7. The number of fused-ring (bicyclic) bond motifs is 7. The van der Waals surface area contributed by atoms with Crippen molar-refractivity contribution in [2.45, 2.75) is 17.8 Å². The molecule has 0 aromatic heterocycles. The van der Waals surface area contributed by atoms with Crippen molar-refractivity contribution < 1.29 is 0 Å². The van der Waals surface area contributed by atoms with Gasteiger partial charge >= 0.3 is 0 Å². The summed E-state index contributed by atoms with van der Waals surface area (Å²) < 4.78 is 0. The summed E-state index contributed by atoms with van der Waals surface area (Å²) in [4.78, 5) is 2.51. The average molecular weight is 790 g/mol. The molecule has 10 aromatic rings. The normalized spacial score (nSPS) is 15.4. The molecule has 2 aliphatic rings. The van der Waals surface area contributed by atoms with Gasteiger partial charge in [-0.1, -0.05) is 212 Å². The predicted molar refractivity (Wildman–Crippen MR) is 259 cm³/mol. The first kappa shape index (κ1) is 36.1. The van der Waals surface area contributed by atoms with Crippen LogP contribution < -0.4 is 4.90 Å². The molecule has 0 N–H and O–H groups in total. The van der Waals surface area contributed by atoms with E-state index in [9.17, 15) is 0 Å². The second-order valence-corrected chi connectivity index (χ2v) is 16.9. The molecule has 0 radical (unpaired) electrons.